The molecule has 1 aliphatic heterocycles. The zero-order chi connectivity index (χ0) is 11.9. The molecule has 0 saturated carbocycles. The molecule has 1 amide bonds. The number of aromatic nitrogens is 2. The second kappa shape index (κ2) is 3.60. The van der Waals surface area contributed by atoms with Gasteiger partial charge in [-0.15, -0.1) is 0 Å². The summed E-state index contributed by atoms with van der Waals surface area (Å²) < 4.78 is 0. The van der Waals surface area contributed by atoms with E-state index in [9.17, 15) is 19.5 Å². The zero-order valence-corrected chi connectivity index (χ0v) is 8.61. The van der Waals surface area contributed by atoms with Crippen LogP contribution in [0, 0.1) is 6.92 Å². The van der Waals surface area contributed by atoms with Gasteiger partial charge in [0.1, 0.15) is 5.69 Å². The van der Waals surface area contributed by atoms with Gasteiger partial charge >= 0.3 is 5.69 Å². The predicted octanol–water partition coefficient (Wildman–Crippen LogP) is -1.53. The van der Waals surface area contributed by atoms with Gasteiger partial charge in [0.25, 0.3) is 5.56 Å². The number of β-amino-alcohol motifs (C(OH)–C–C–N with tert-alkyl or cyclic N) is 1. The average Bonchev–Trinajstić information content (AvgIpc) is 2.43. The van der Waals surface area contributed by atoms with E-state index in [1.54, 1.807) is 0 Å². The van der Waals surface area contributed by atoms with Gasteiger partial charge in [0.2, 0.25) is 5.91 Å². The maximum Gasteiger partial charge on any atom is 0.326 e. The third-order valence-corrected chi connectivity index (χ3v) is 2.47. The molecule has 1 saturated heterocycles. The molecule has 2 rings (SSSR count). The SMILES string of the molecule is Cc1[nH]c(=O)[nH]c(=O)c1N1CC(O)CC1=O. The lowest BCUT2D eigenvalue weighted by molar-refractivity contribution is -0.117. The van der Waals surface area contributed by atoms with E-state index in [1.807, 2.05) is 4.98 Å². The summed E-state index contributed by atoms with van der Waals surface area (Å²) >= 11 is 0. The van der Waals surface area contributed by atoms with Crippen LogP contribution >= 0.6 is 0 Å². The van der Waals surface area contributed by atoms with E-state index >= 15 is 0 Å². The summed E-state index contributed by atoms with van der Waals surface area (Å²) in [6.07, 6.45) is -0.768. The molecule has 1 aliphatic rings. The molecule has 1 atom stereocenters. The highest BCUT2D eigenvalue weighted by Gasteiger charge is 2.31. The number of rotatable bonds is 1. The number of carbonyl (C=O) groups is 1. The standard InChI is InChI=1S/C9H11N3O4/c1-4-7(8(15)11-9(16)10-4)12-3-5(13)2-6(12)14/h5,13H,2-3H2,1H3,(H2,10,11,15,16). The summed E-state index contributed by atoms with van der Waals surface area (Å²) in [6, 6.07) is 0. The molecular weight excluding hydrogens is 214 g/mol. The van der Waals surface area contributed by atoms with Crippen molar-refractivity contribution in [2.75, 3.05) is 11.4 Å². The van der Waals surface area contributed by atoms with Crippen LogP contribution < -0.4 is 16.1 Å². The second-order valence-electron chi connectivity index (χ2n) is 3.74. The Bertz CT molecular complexity index is 544. The number of nitrogens with one attached hydrogen (secondary N) is 2. The van der Waals surface area contributed by atoms with E-state index in [2.05, 4.69) is 4.98 Å². The number of hydrogen-bond acceptors (Lipinski definition) is 4. The topological polar surface area (TPSA) is 106 Å². The fourth-order valence-corrected chi connectivity index (χ4v) is 1.82. The van der Waals surface area contributed by atoms with Crippen LogP contribution in [0.2, 0.25) is 0 Å². The highest BCUT2D eigenvalue weighted by atomic mass is 16.3. The summed E-state index contributed by atoms with van der Waals surface area (Å²) in [5, 5.41) is 9.32. The number of H-pyrrole nitrogens is 2. The number of anilines is 1. The van der Waals surface area contributed by atoms with Gasteiger partial charge in [0, 0.05) is 5.69 Å². The van der Waals surface area contributed by atoms with E-state index in [1.165, 1.54) is 11.8 Å². The number of aromatic amines is 2. The molecule has 16 heavy (non-hydrogen) atoms. The van der Waals surface area contributed by atoms with Gasteiger partial charge in [-0.05, 0) is 6.92 Å². The first-order valence-corrected chi connectivity index (χ1v) is 4.80. The lowest BCUT2D eigenvalue weighted by atomic mass is 10.3. The molecule has 1 aromatic heterocycles. The van der Waals surface area contributed by atoms with Gasteiger partial charge < -0.3 is 15.0 Å². The Kier molecular flexibility index (Phi) is 2.39. The lowest BCUT2D eigenvalue weighted by Gasteiger charge is -2.16. The molecule has 86 valence electrons. The van der Waals surface area contributed by atoms with Crippen molar-refractivity contribution < 1.29 is 9.90 Å². The molecule has 1 unspecified atom stereocenters. The Labute approximate surface area is 89.7 Å². The molecule has 2 heterocycles. The minimum Gasteiger partial charge on any atom is -0.391 e. The molecule has 0 spiro atoms. The summed E-state index contributed by atoms with van der Waals surface area (Å²) in [7, 11) is 0. The maximum absolute atomic E-state index is 11.5. The third kappa shape index (κ3) is 1.65. The monoisotopic (exact) mass is 225 g/mol. The van der Waals surface area contributed by atoms with Gasteiger partial charge in [0.15, 0.2) is 0 Å². The van der Waals surface area contributed by atoms with Crippen molar-refractivity contribution >= 4 is 11.6 Å². The fourth-order valence-electron chi connectivity index (χ4n) is 1.82. The average molecular weight is 225 g/mol. The van der Waals surface area contributed by atoms with Gasteiger partial charge in [-0.3, -0.25) is 14.6 Å². The number of aliphatic hydroxyl groups excluding tert-OH is 1. The number of nitrogens with zero attached hydrogens (tertiary/aromatic N) is 1. The van der Waals surface area contributed by atoms with E-state index in [0.29, 0.717) is 5.69 Å². The molecule has 1 aromatic rings. The van der Waals surface area contributed by atoms with E-state index in [0.717, 1.165) is 0 Å². The van der Waals surface area contributed by atoms with Gasteiger partial charge in [-0.1, -0.05) is 0 Å². The number of aliphatic hydroxyl groups is 1. The quantitative estimate of drug-likeness (QED) is 0.539. The van der Waals surface area contributed by atoms with Crippen LogP contribution in [0.4, 0.5) is 5.69 Å². The van der Waals surface area contributed by atoms with Gasteiger partial charge in [0.05, 0.1) is 19.1 Å². The summed E-state index contributed by atoms with van der Waals surface area (Å²) in [5.41, 5.74) is -0.820. The molecule has 0 aliphatic carbocycles. The minimum atomic E-state index is -0.766. The van der Waals surface area contributed by atoms with Crippen molar-refractivity contribution in [3.05, 3.63) is 26.5 Å². The zero-order valence-electron chi connectivity index (χ0n) is 8.61. The Balaban J connectivity index is 2.53. The Morgan fingerprint density at radius 3 is 2.50 bits per heavy atom. The highest BCUT2D eigenvalue weighted by molar-refractivity contribution is 5.96. The largest absolute Gasteiger partial charge is 0.391 e. The number of hydrogen-bond donors (Lipinski definition) is 3. The van der Waals surface area contributed by atoms with Crippen LogP contribution in [-0.4, -0.2) is 33.6 Å². The molecule has 0 radical (unpaired) electrons. The maximum atomic E-state index is 11.5. The van der Waals surface area contributed by atoms with Gasteiger partial charge in [-0.25, -0.2) is 4.79 Å². The molecular formula is C9H11N3O4. The van der Waals surface area contributed by atoms with Crippen LogP contribution in [0.15, 0.2) is 9.59 Å². The molecule has 0 aromatic carbocycles. The van der Waals surface area contributed by atoms with E-state index < -0.39 is 17.4 Å². The smallest absolute Gasteiger partial charge is 0.326 e. The normalized spacial score (nSPS) is 20.5. The first-order valence-electron chi connectivity index (χ1n) is 4.80. The van der Waals surface area contributed by atoms with Crippen molar-refractivity contribution in [2.45, 2.75) is 19.4 Å². The lowest BCUT2D eigenvalue weighted by Crippen LogP contribution is -2.35. The molecule has 7 heteroatoms. The number of aryl methyl sites for hydroxylation is 1. The van der Waals surface area contributed by atoms with Crippen molar-refractivity contribution in [1.29, 1.82) is 0 Å². The Hall–Kier alpha value is -1.89. The van der Waals surface area contributed by atoms with Crippen LogP contribution in [-0.2, 0) is 4.79 Å². The molecule has 7 nitrogen and oxygen atoms in total. The predicted molar refractivity (Wildman–Crippen MR) is 55.4 cm³/mol. The molecule has 0 bridgehead atoms. The van der Waals surface area contributed by atoms with Crippen molar-refractivity contribution in [1.82, 2.24) is 9.97 Å². The number of carbonyl (C=O) groups excluding carboxylic acids is 1. The van der Waals surface area contributed by atoms with Crippen LogP contribution in [0.1, 0.15) is 12.1 Å². The van der Waals surface area contributed by atoms with Crippen LogP contribution in [0.5, 0.6) is 0 Å². The Morgan fingerprint density at radius 1 is 1.31 bits per heavy atom. The van der Waals surface area contributed by atoms with E-state index in [-0.39, 0.29) is 24.6 Å². The summed E-state index contributed by atoms with van der Waals surface area (Å²) in [6.45, 7) is 1.61. The van der Waals surface area contributed by atoms with Crippen molar-refractivity contribution in [3.63, 3.8) is 0 Å². The third-order valence-electron chi connectivity index (χ3n) is 2.47. The minimum absolute atomic E-state index is 0.00198. The molecule has 3 N–H and O–H groups in total. The molecule has 1 fully saturated rings. The van der Waals surface area contributed by atoms with E-state index in [4.69, 9.17) is 0 Å². The van der Waals surface area contributed by atoms with Crippen LogP contribution in [0.25, 0.3) is 0 Å². The highest BCUT2D eigenvalue weighted by Crippen LogP contribution is 2.19. The van der Waals surface area contributed by atoms with Gasteiger partial charge in [-0.2, -0.15) is 0 Å². The summed E-state index contributed by atoms with van der Waals surface area (Å²) in [5.74, 6) is -0.326. The fraction of sp³-hybridized carbons (Fsp3) is 0.444. The first-order chi connectivity index (χ1) is 7.49. The number of amides is 1. The first kappa shape index (κ1) is 10.6. The Morgan fingerprint density at radius 2 is 2.00 bits per heavy atom. The second-order valence-corrected chi connectivity index (χ2v) is 3.74. The van der Waals surface area contributed by atoms with Crippen molar-refractivity contribution in [2.24, 2.45) is 0 Å². The van der Waals surface area contributed by atoms with Crippen LogP contribution in [0.3, 0.4) is 0 Å². The van der Waals surface area contributed by atoms with Crippen molar-refractivity contribution in [3.8, 4) is 0 Å². The summed E-state index contributed by atoms with van der Waals surface area (Å²) in [4.78, 5) is 39.6.